The maximum absolute atomic E-state index is 13.9. The first-order valence-electron chi connectivity index (χ1n) is 7.88. The van der Waals surface area contributed by atoms with Crippen LogP contribution in [0.1, 0.15) is 21.5 Å². The molecule has 1 aromatic heterocycles. The van der Waals surface area contributed by atoms with Crippen LogP contribution in [0.2, 0.25) is 5.02 Å². The van der Waals surface area contributed by atoms with Gasteiger partial charge in [-0.2, -0.15) is 5.26 Å². The minimum Gasteiger partial charge on any atom is -0.438 e. The molecule has 0 bridgehead atoms. The molecular formula is C20H13ClFN3O2. The minimum absolute atomic E-state index is 0.105. The molecule has 0 saturated heterocycles. The van der Waals surface area contributed by atoms with Crippen LogP contribution in [0, 0.1) is 24.1 Å². The number of rotatable bonds is 4. The van der Waals surface area contributed by atoms with Crippen molar-refractivity contribution in [2.75, 3.05) is 5.32 Å². The normalized spacial score (nSPS) is 10.1. The first kappa shape index (κ1) is 18.4. The Balaban J connectivity index is 1.79. The summed E-state index contributed by atoms with van der Waals surface area (Å²) >= 11 is 5.70. The van der Waals surface area contributed by atoms with Crippen LogP contribution in [0.4, 0.5) is 10.1 Å². The lowest BCUT2D eigenvalue weighted by Crippen LogP contribution is -2.14. The maximum Gasteiger partial charge on any atom is 0.258 e. The summed E-state index contributed by atoms with van der Waals surface area (Å²) in [5, 5.41) is 12.0. The molecule has 0 aliphatic rings. The van der Waals surface area contributed by atoms with Crippen LogP contribution in [-0.2, 0) is 0 Å². The standard InChI is InChI=1S/C20H13ClFN3O2/c1-12-9-15(27-20-13(11-23)3-2-8-24-20)5-7-18(12)25-19(26)16-6-4-14(21)10-17(16)22/h2-10H,1H3,(H,25,26). The largest absolute Gasteiger partial charge is 0.438 e. The van der Waals surface area contributed by atoms with Gasteiger partial charge in [-0.15, -0.1) is 0 Å². The van der Waals surface area contributed by atoms with Crippen LogP contribution < -0.4 is 10.1 Å². The van der Waals surface area contributed by atoms with Gasteiger partial charge in [-0.25, -0.2) is 9.37 Å². The van der Waals surface area contributed by atoms with Gasteiger partial charge in [0.25, 0.3) is 5.91 Å². The molecule has 1 amide bonds. The topological polar surface area (TPSA) is 75.0 Å². The number of nitriles is 1. The quantitative estimate of drug-likeness (QED) is 0.682. The van der Waals surface area contributed by atoms with Crippen molar-refractivity contribution in [1.82, 2.24) is 4.98 Å². The number of hydrogen-bond donors (Lipinski definition) is 1. The van der Waals surface area contributed by atoms with E-state index in [2.05, 4.69) is 10.3 Å². The van der Waals surface area contributed by atoms with Crippen molar-refractivity contribution in [3.8, 4) is 17.7 Å². The number of ether oxygens (including phenoxy) is 1. The van der Waals surface area contributed by atoms with E-state index in [9.17, 15) is 9.18 Å². The monoisotopic (exact) mass is 381 g/mol. The average Bonchev–Trinajstić information content (AvgIpc) is 2.64. The third-order valence-corrected chi connectivity index (χ3v) is 3.96. The molecule has 0 radical (unpaired) electrons. The van der Waals surface area contributed by atoms with E-state index in [1.54, 1.807) is 37.3 Å². The Labute approximate surface area is 160 Å². The molecule has 3 rings (SSSR count). The first-order valence-corrected chi connectivity index (χ1v) is 8.26. The average molecular weight is 382 g/mol. The lowest BCUT2D eigenvalue weighted by Gasteiger charge is -2.12. The highest BCUT2D eigenvalue weighted by Crippen LogP contribution is 2.27. The van der Waals surface area contributed by atoms with Crippen molar-refractivity contribution >= 4 is 23.2 Å². The van der Waals surface area contributed by atoms with Crippen LogP contribution >= 0.6 is 11.6 Å². The third kappa shape index (κ3) is 4.22. The van der Waals surface area contributed by atoms with Crippen LogP contribution in [0.5, 0.6) is 11.6 Å². The molecule has 0 spiro atoms. The molecule has 134 valence electrons. The SMILES string of the molecule is Cc1cc(Oc2ncccc2C#N)ccc1NC(=O)c1ccc(Cl)cc1F. The van der Waals surface area contributed by atoms with Gasteiger partial charge in [0.1, 0.15) is 23.2 Å². The Bertz CT molecular complexity index is 1060. The summed E-state index contributed by atoms with van der Waals surface area (Å²) in [5.74, 6) is -0.632. The number of carbonyl (C=O) groups is 1. The number of aromatic nitrogens is 1. The molecule has 1 heterocycles. The number of halogens is 2. The van der Waals surface area contributed by atoms with Gasteiger partial charge in [-0.3, -0.25) is 4.79 Å². The van der Waals surface area contributed by atoms with E-state index in [0.29, 0.717) is 22.6 Å². The second-order valence-electron chi connectivity index (χ2n) is 5.63. The smallest absolute Gasteiger partial charge is 0.258 e. The van der Waals surface area contributed by atoms with Gasteiger partial charge in [-0.1, -0.05) is 11.6 Å². The molecule has 0 aliphatic carbocycles. The molecule has 3 aromatic rings. The Morgan fingerprint density at radius 2 is 2.07 bits per heavy atom. The van der Waals surface area contributed by atoms with Crippen molar-refractivity contribution in [2.24, 2.45) is 0 Å². The number of carbonyl (C=O) groups excluding carboxylic acids is 1. The number of amides is 1. The molecule has 2 aromatic carbocycles. The van der Waals surface area contributed by atoms with E-state index in [1.165, 1.54) is 18.3 Å². The molecule has 0 aliphatic heterocycles. The number of benzene rings is 2. The molecule has 0 unspecified atom stereocenters. The fourth-order valence-corrected chi connectivity index (χ4v) is 2.53. The molecule has 0 atom stereocenters. The number of hydrogen-bond acceptors (Lipinski definition) is 4. The molecule has 1 N–H and O–H groups in total. The second kappa shape index (κ2) is 7.85. The summed E-state index contributed by atoms with van der Waals surface area (Å²) in [4.78, 5) is 16.3. The minimum atomic E-state index is -0.697. The number of pyridine rings is 1. The van der Waals surface area contributed by atoms with Crippen LogP contribution in [0.3, 0.4) is 0 Å². The van der Waals surface area contributed by atoms with Gasteiger partial charge < -0.3 is 10.1 Å². The molecule has 7 heteroatoms. The zero-order chi connectivity index (χ0) is 19.4. The molecular weight excluding hydrogens is 369 g/mol. The second-order valence-corrected chi connectivity index (χ2v) is 6.06. The number of nitrogens with zero attached hydrogens (tertiary/aromatic N) is 2. The number of anilines is 1. The van der Waals surface area contributed by atoms with Crippen molar-refractivity contribution in [3.05, 3.63) is 82.3 Å². The zero-order valence-electron chi connectivity index (χ0n) is 14.2. The predicted octanol–water partition coefficient (Wildman–Crippen LogP) is 5.10. The Hall–Kier alpha value is -3.43. The number of aryl methyl sites for hydroxylation is 1. The Morgan fingerprint density at radius 3 is 2.78 bits per heavy atom. The van der Waals surface area contributed by atoms with Gasteiger partial charge in [0.05, 0.1) is 5.56 Å². The highest BCUT2D eigenvalue weighted by Gasteiger charge is 2.14. The summed E-state index contributed by atoms with van der Waals surface area (Å²) in [6.45, 7) is 1.77. The molecule has 0 fully saturated rings. The van der Waals surface area contributed by atoms with Crippen LogP contribution in [0.15, 0.2) is 54.7 Å². The highest BCUT2D eigenvalue weighted by molar-refractivity contribution is 6.30. The van der Waals surface area contributed by atoms with Gasteiger partial charge in [0, 0.05) is 16.9 Å². The lowest BCUT2D eigenvalue weighted by atomic mass is 10.1. The van der Waals surface area contributed by atoms with E-state index < -0.39 is 11.7 Å². The van der Waals surface area contributed by atoms with Gasteiger partial charge in [0.2, 0.25) is 5.88 Å². The van der Waals surface area contributed by atoms with E-state index in [1.807, 2.05) is 6.07 Å². The summed E-state index contributed by atoms with van der Waals surface area (Å²) < 4.78 is 19.5. The van der Waals surface area contributed by atoms with E-state index in [4.69, 9.17) is 21.6 Å². The lowest BCUT2D eigenvalue weighted by molar-refractivity contribution is 0.102. The van der Waals surface area contributed by atoms with E-state index >= 15 is 0 Å². The number of nitrogens with one attached hydrogen (secondary N) is 1. The summed E-state index contributed by atoms with van der Waals surface area (Å²) in [5.41, 5.74) is 1.41. The van der Waals surface area contributed by atoms with Crippen molar-refractivity contribution in [1.29, 1.82) is 5.26 Å². The predicted molar refractivity (Wildman–Crippen MR) is 99.6 cm³/mol. The fraction of sp³-hybridized carbons (Fsp3) is 0.0500. The maximum atomic E-state index is 13.9. The molecule has 5 nitrogen and oxygen atoms in total. The third-order valence-electron chi connectivity index (χ3n) is 3.73. The first-order chi connectivity index (χ1) is 13.0. The fourth-order valence-electron chi connectivity index (χ4n) is 2.37. The van der Waals surface area contributed by atoms with Crippen LogP contribution in [0.25, 0.3) is 0 Å². The molecule has 0 saturated carbocycles. The van der Waals surface area contributed by atoms with Crippen molar-refractivity contribution < 1.29 is 13.9 Å². The van der Waals surface area contributed by atoms with Crippen molar-refractivity contribution in [3.63, 3.8) is 0 Å². The molecule has 27 heavy (non-hydrogen) atoms. The summed E-state index contributed by atoms with van der Waals surface area (Å²) in [6.07, 6.45) is 1.53. The van der Waals surface area contributed by atoms with Crippen LogP contribution in [-0.4, -0.2) is 10.9 Å². The van der Waals surface area contributed by atoms with E-state index in [-0.39, 0.29) is 16.5 Å². The van der Waals surface area contributed by atoms with Gasteiger partial charge >= 0.3 is 0 Å². The summed E-state index contributed by atoms with van der Waals surface area (Å²) in [7, 11) is 0. The van der Waals surface area contributed by atoms with Gasteiger partial charge in [-0.05, 0) is 61.0 Å². The Morgan fingerprint density at radius 1 is 1.26 bits per heavy atom. The zero-order valence-corrected chi connectivity index (χ0v) is 14.9. The Kier molecular flexibility index (Phi) is 5.34. The van der Waals surface area contributed by atoms with Gasteiger partial charge in [0.15, 0.2) is 0 Å². The van der Waals surface area contributed by atoms with Crippen molar-refractivity contribution in [2.45, 2.75) is 6.92 Å². The van der Waals surface area contributed by atoms with E-state index in [0.717, 1.165) is 6.07 Å². The summed E-state index contributed by atoms with van der Waals surface area (Å²) in [6, 6.07) is 14.0. The highest BCUT2D eigenvalue weighted by atomic mass is 35.5.